The van der Waals surface area contributed by atoms with E-state index in [9.17, 15) is 9.59 Å². The molecule has 1 aromatic carbocycles. The number of ether oxygens (including phenoxy) is 2. The molecular weight excluding hydrogens is 324 g/mol. The minimum Gasteiger partial charge on any atom is -0.462 e. The van der Waals surface area contributed by atoms with E-state index in [0.717, 1.165) is 6.42 Å². The Morgan fingerprint density at radius 3 is 2.04 bits per heavy atom. The van der Waals surface area contributed by atoms with Crippen LogP contribution in [-0.2, 0) is 25.5 Å². The van der Waals surface area contributed by atoms with Crippen LogP contribution < -0.4 is 0 Å². The van der Waals surface area contributed by atoms with Gasteiger partial charge in [-0.3, -0.25) is 0 Å². The molecule has 0 saturated carbocycles. The molecule has 0 spiro atoms. The van der Waals surface area contributed by atoms with Gasteiger partial charge in [-0.05, 0) is 19.4 Å². The Hall–Kier alpha value is -2.44. The van der Waals surface area contributed by atoms with Gasteiger partial charge in [0.1, 0.15) is 12.7 Å². The highest BCUT2D eigenvalue weighted by molar-refractivity contribution is 5.87. The van der Waals surface area contributed by atoms with E-state index in [0.29, 0.717) is 12.2 Å². The Labute approximate surface area is 148 Å². The lowest BCUT2D eigenvalue weighted by Crippen LogP contribution is -2.22. The van der Waals surface area contributed by atoms with Gasteiger partial charge in [-0.25, -0.2) is 9.59 Å². The summed E-state index contributed by atoms with van der Waals surface area (Å²) in [6.45, 7) is 9.80. The molecule has 0 aliphatic carbocycles. The first-order valence-electron chi connectivity index (χ1n) is 7.76. The number of hydrogen-bond acceptors (Lipinski definition) is 6. The van der Waals surface area contributed by atoms with Crippen LogP contribution in [0.1, 0.15) is 19.4 Å². The van der Waals surface area contributed by atoms with Gasteiger partial charge in [0, 0.05) is 17.6 Å². The zero-order valence-electron chi connectivity index (χ0n) is 14.7. The number of hydrogen-bond donors (Lipinski definition) is 2. The third-order valence-corrected chi connectivity index (χ3v) is 2.78. The van der Waals surface area contributed by atoms with Crippen molar-refractivity contribution in [3.8, 4) is 0 Å². The van der Waals surface area contributed by atoms with Crippen LogP contribution in [0.2, 0.25) is 0 Å². The van der Waals surface area contributed by atoms with E-state index in [1.165, 1.54) is 12.5 Å². The molecule has 6 heteroatoms. The number of carbonyl (C=O) groups is 2. The highest BCUT2D eigenvalue weighted by Crippen LogP contribution is 2.00. The number of benzene rings is 1. The summed E-state index contributed by atoms with van der Waals surface area (Å²) in [6.07, 6.45) is -0.252. The van der Waals surface area contributed by atoms with Crippen LogP contribution in [0.5, 0.6) is 0 Å². The molecule has 0 radical (unpaired) electrons. The molecule has 138 valence electrons. The molecule has 0 fully saturated rings. The molecule has 0 saturated heterocycles. The van der Waals surface area contributed by atoms with Gasteiger partial charge >= 0.3 is 11.9 Å². The molecule has 0 amide bonds. The molecule has 0 aliphatic heterocycles. The fraction of sp³-hybridized carbons (Fsp3) is 0.368. The lowest BCUT2D eigenvalue weighted by Gasteiger charge is -2.07. The van der Waals surface area contributed by atoms with Crippen molar-refractivity contribution in [2.45, 2.75) is 26.4 Å². The lowest BCUT2D eigenvalue weighted by molar-refractivity contribution is -0.142. The minimum absolute atomic E-state index is 0.192. The van der Waals surface area contributed by atoms with Gasteiger partial charge in [0.2, 0.25) is 0 Å². The van der Waals surface area contributed by atoms with Gasteiger partial charge in [0.05, 0.1) is 13.2 Å². The van der Waals surface area contributed by atoms with E-state index in [1.54, 1.807) is 6.92 Å². The SMILES string of the molecule is C=C(C)C(=O)OCC(O)CO.C=C(C)C(=O)OCCc1ccccc1. The molecule has 25 heavy (non-hydrogen) atoms. The van der Waals surface area contributed by atoms with Gasteiger partial charge in [0.25, 0.3) is 0 Å². The van der Waals surface area contributed by atoms with Crippen molar-refractivity contribution < 1.29 is 29.3 Å². The van der Waals surface area contributed by atoms with Gasteiger partial charge in [-0.15, -0.1) is 0 Å². The maximum atomic E-state index is 11.0. The molecule has 1 unspecified atom stereocenters. The van der Waals surface area contributed by atoms with Crippen molar-refractivity contribution in [2.24, 2.45) is 0 Å². The van der Waals surface area contributed by atoms with E-state index in [4.69, 9.17) is 14.9 Å². The normalized spacial score (nSPS) is 10.7. The number of aliphatic hydroxyl groups is 2. The summed E-state index contributed by atoms with van der Waals surface area (Å²) in [4.78, 5) is 21.7. The zero-order valence-corrected chi connectivity index (χ0v) is 14.7. The summed E-state index contributed by atoms with van der Waals surface area (Å²) < 4.78 is 9.48. The molecule has 0 aliphatic rings. The highest BCUT2D eigenvalue weighted by Gasteiger charge is 2.07. The molecule has 0 heterocycles. The van der Waals surface area contributed by atoms with Gasteiger partial charge in [-0.2, -0.15) is 0 Å². The van der Waals surface area contributed by atoms with Crippen molar-refractivity contribution in [3.05, 3.63) is 60.2 Å². The molecule has 6 nitrogen and oxygen atoms in total. The average molecular weight is 350 g/mol. The van der Waals surface area contributed by atoms with E-state index >= 15 is 0 Å². The second-order valence-corrected chi connectivity index (χ2v) is 5.37. The van der Waals surface area contributed by atoms with Crippen LogP contribution in [0.3, 0.4) is 0 Å². The molecule has 1 aromatic rings. The fourth-order valence-corrected chi connectivity index (χ4v) is 1.38. The number of aliphatic hydroxyl groups excluding tert-OH is 2. The van der Waals surface area contributed by atoms with Crippen LogP contribution in [0, 0.1) is 0 Å². The van der Waals surface area contributed by atoms with Crippen LogP contribution in [-0.4, -0.2) is 48.1 Å². The molecule has 1 rings (SSSR count). The monoisotopic (exact) mass is 350 g/mol. The lowest BCUT2D eigenvalue weighted by atomic mass is 10.2. The number of esters is 2. The van der Waals surface area contributed by atoms with E-state index in [-0.39, 0.29) is 18.1 Å². The fourth-order valence-electron chi connectivity index (χ4n) is 1.38. The van der Waals surface area contributed by atoms with Crippen molar-refractivity contribution in [1.29, 1.82) is 0 Å². The Kier molecular flexibility index (Phi) is 11.7. The highest BCUT2D eigenvalue weighted by atomic mass is 16.5. The summed E-state index contributed by atoms with van der Waals surface area (Å²) in [6, 6.07) is 9.92. The van der Waals surface area contributed by atoms with E-state index in [2.05, 4.69) is 17.9 Å². The first-order valence-corrected chi connectivity index (χ1v) is 7.76. The van der Waals surface area contributed by atoms with Gasteiger partial charge < -0.3 is 19.7 Å². The van der Waals surface area contributed by atoms with Crippen molar-refractivity contribution in [2.75, 3.05) is 19.8 Å². The predicted octanol–water partition coefficient (Wildman–Crippen LogP) is 1.81. The molecular formula is C19H26O6. The Morgan fingerprint density at radius 1 is 1.04 bits per heavy atom. The first kappa shape index (κ1) is 22.6. The van der Waals surface area contributed by atoms with Crippen LogP contribution in [0.15, 0.2) is 54.6 Å². The van der Waals surface area contributed by atoms with Crippen LogP contribution >= 0.6 is 0 Å². The number of carbonyl (C=O) groups excluding carboxylic acids is 2. The molecule has 2 N–H and O–H groups in total. The van der Waals surface area contributed by atoms with Crippen molar-refractivity contribution in [1.82, 2.24) is 0 Å². The summed E-state index contributed by atoms with van der Waals surface area (Å²) in [7, 11) is 0. The zero-order chi connectivity index (χ0) is 19.2. The standard InChI is InChI=1S/C12H14O2.C7H12O4/c1-10(2)12(13)14-9-8-11-6-4-3-5-7-11;1-5(2)7(10)11-4-6(9)3-8/h3-7H,1,8-9H2,2H3;6,8-9H,1,3-4H2,2H3. The van der Waals surface area contributed by atoms with Crippen molar-refractivity contribution >= 4 is 11.9 Å². The van der Waals surface area contributed by atoms with E-state index in [1.807, 2.05) is 30.3 Å². The van der Waals surface area contributed by atoms with E-state index < -0.39 is 18.7 Å². The topological polar surface area (TPSA) is 93.1 Å². The second-order valence-electron chi connectivity index (χ2n) is 5.37. The quantitative estimate of drug-likeness (QED) is 0.549. The average Bonchev–Trinajstić information content (AvgIpc) is 2.60. The summed E-state index contributed by atoms with van der Waals surface area (Å²) in [5.41, 5.74) is 1.88. The van der Waals surface area contributed by atoms with Crippen LogP contribution in [0.4, 0.5) is 0 Å². The predicted molar refractivity (Wildman–Crippen MR) is 94.8 cm³/mol. The Morgan fingerprint density at radius 2 is 1.56 bits per heavy atom. The molecule has 0 bridgehead atoms. The second kappa shape index (κ2) is 12.9. The summed E-state index contributed by atoms with van der Waals surface area (Å²) in [5, 5.41) is 17.1. The minimum atomic E-state index is -1.00. The third kappa shape index (κ3) is 11.7. The van der Waals surface area contributed by atoms with Crippen molar-refractivity contribution in [3.63, 3.8) is 0 Å². The largest absolute Gasteiger partial charge is 0.462 e. The van der Waals surface area contributed by atoms with Gasteiger partial charge in [0.15, 0.2) is 0 Å². The van der Waals surface area contributed by atoms with Crippen LogP contribution in [0.25, 0.3) is 0 Å². The number of rotatable bonds is 8. The maximum absolute atomic E-state index is 11.0. The molecule has 0 aromatic heterocycles. The molecule has 1 atom stereocenters. The Bertz CT molecular complexity index is 565. The smallest absolute Gasteiger partial charge is 0.333 e. The maximum Gasteiger partial charge on any atom is 0.333 e. The summed E-state index contributed by atoms with van der Waals surface area (Å²) >= 11 is 0. The summed E-state index contributed by atoms with van der Waals surface area (Å²) in [5.74, 6) is -0.876. The third-order valence-electron chi connectivity index (χ3n) is 2.78. The first-order chi connectivity index (χ1) is 11.8. The van der Waals surface area contributed by atoms with Gasteiger partial charge in [-0.1, -0.05) is 43.5 Å². The Balaban J connectivity index is 0.000000477.